The van der Waals surface area contributed by atoms with Gasteiger partial charge >= 0.3 is 0 Å². The number of rotatable bonds is 6. The van der Waals surface area contributed by atoms with Crippen molar-refractivity contribution >= 4 is 33.3 Å². The van der Waals surface area contributed by atoms with Crippen molar-refractivity contribution in [2.24, 2.45) is 0 Å². The van der Waals surface area contributed by atoms with Gasteiger partial charge in [-0.15, -0.1) is 10.2 Å². The molecular weight excluding hydrogens is 352 g/mol. The van der Waals surface area contributed by atoms with Crippen LogP contribution < -0.4 is 10.0 Å². The summed E-state index contributed by atoms with van der Waals surface area (Å²) in [6.45, 7) is 0.451. The lowest BCUT2D eigenvalue weighted by atomic mass is 10.4. The molecule has 0 atom stereocenters. The van der Waals surface area contributed by atoms with Gasteiger partial charge in [0, 0.05) is 0 Å². The maximum Gasteiger partial charge on any atom is 0.264 e. The van der Waals surface area contributed by atoms with Crippen LogP contribution in [0, 0.1) is 0 Å². The first-order valence-electron chi connectivity index (χ1n) is 6.92. The number of furan rings is 1. The number of hydrogen-bond donors (Lipinski definition) is 2. The lowest BCUT2D eigenvalue weighted by Crippen LogP contribution is -2.15. The van der Waals surface area contributed by atoms with Crippen molar-refractivity contribution in [3.8, 4) is 0 Å². The fourth-order valence-electron chi connectivity index (χ4n) is 1.93. The average Bonchev–Trinajstić information content (AvgIpc) is 3.07. The number of hydrogen-bond acceptors (Lipinski definition) is 6. The zero-order valence-electron chi connectivity index (χ0n) is 12.3. The third kappa shape index (κ3) is 3.84. The first kappa shape index (κ1) is 16.3. The molecule has 0 aliphatic carbocycles. The Labute approximate surface area is 143 Å². The predicted molar refractivity (Wildman–Crippen MR) is 90.3 cm³/mol. The van der Waals surface area contributed by atoms with Gasteiger partial charge in [-0.3, -0.25) is 4.72 Å². The molecule has 9 heteroatoms. The molecule has 2 N–H and O–H groups in total. The van der Waals surface area contributed by atoms with E-state index in [0.29, 0.717) is 12.4 Å². The highest BCUT2D eigenvalue weighted by atomic mass is 35.5. The molecule has 124 valence electrons. The van der Waals surface area contributed by atoms with Gasteiger partial charge in [0.15, 0.2) is 5.82 Å². The van der Waals surface area contributed by atoms with E-state index in [9.17, 15) is 8.42 Å². The Kier molecular flexibility index (Phi) is 4.68. The number of nitrogens with one attached hydrogen (secondary N) is 2. The minimum atomic E-state index is -3.82. The van der Waals surface area contributed by atoms with Crippen LogP contribution in [0.5, 0.6) is 0 Å². The lowest BCUT2D eigenvalue weighted by Gasteiger charge is -2.09. The van der Waals surface area contributed by atoms with Gasteiger partial charge in [0.1, 0.15) is 16.5 Å². The third-order valence-electron chi connectivity index (χ3n) is 3.05. The predicted octanol–water partition coefficient (Wildman–Crippen LogP) is 3.14. The smallest absolute Gasteiger partial charge is 0.264 e. The van der Waals surface area contributed by atoms with Crippen LogP contribution in [0.15, 0.2) is 64.1 Å². The lowest BCUT2D eigenvalue weighted by molar-refractivity contribution is 0.517. The van der Waals surface area contributed by atoms with E-state index in [1.165, 1.54) is 18.2 Å². The molecule has 1 aromatic carbocycles. The molecule has 0 aliphatic rings. The van der Waals surface area contributed by atoms with Crippen LogP contribution in [-0.2, 0) is 16.6 Å². The summed E-state index contributed by atoms with van der Waals surface area (Å²) in [4.78, 5) is -0.0199. The maximum absolute atomic E-state index is 12.3. The molecule has 0 unspecified atom stereocenters. The molecule has 0 fully saturated rings. The van der Waals surface area contributed by atoms with Crippen molar-refractivity contribution in [3.63, 3.8) is 0 Å². The summed E-state index contributed by atoms with van der Waals surface area (Å²) in [5, 5.41) is 10.9. The highest BCUT2D eigenvalue weighted by Crippen LogP contribution is 2.22. The second kappa shape index (κ2) is 6.90. The molecule has 2 aromatic heterocycles. The van der Waals surface area contributed by atoms with Crippen molar-refractivity contribution in [3.05, 3.63) is 65.6 Å². The third-order valence-corrected chi connectivity index (χ3v) is 4.91. The highest BCUT2D eigenvalue weighted by molar-refractivity contribution is 7.92. The van der Waals surface area contributed by atoms with Crippen molar-refractivity contribution in [1.29, 1.82) is 0 Å². The molecule has 3 aromatic rings. The van der Waals surface area contributed by atoms with Crippen LogP contribution in [0.2, 0.25) is 5.02 Å². The van der Waals surface area contributed by atoms with Gasteiger partial charge in [0.25, 0.3) is 10.0 Å². The fourth-order valence-corrected chi connectivity index (χ4v) is 3.44. The number of halogens is 1. The van der Waals surface area contributed by atoms with E-state index < -0.39 is 10.0 Å². The van der Waals surface area contributed by atoms with Gasteiger partial charge < -0.3 is 9.73 Å². The van der Waals surface area contributed by atoms with Gasteiger partial charge in [-0.05, 0) is 36.4 Å². The molecule has 7 nitrogen and oxygen atoms in total. The summed E-state index contributed by atoms with van der Waals surface area (Å²) in [6, 6.07) is 12.9. The normalized spacial score (nSPS) is 11.2. The van der Waals surface area contributed by atoms with Gasteiger partial charge in [-0.25, -0.2) is 8.42 Å². The molecule has 0 saturated heterocycles. The van der Waals surface area contributed by atoms with E-state index in [1.54, 1.807) is 30.5 Å². The van der Waals surface area contributed by atoms with Gasteiger partial charge in [0.05, 0.1) is 17.8 Å². The minimum absolute atomic E-state index is 0.0199. The zero-order valence-corrected chi connectivity index (χ0v) is 13.9. The quantitative estimate of drug-likeness (QED) is 0.697. The summed E-state index contributed by atoms with van der Waals surface area (Å²) >= 11 is 5.92. The summed E-state index contributed by atoms with van der Waals surface area (Å²) in [5.74, 6) is 1.34. The van der Waals surface area contributed by atoms with Gasteiger partial charge in [-0.2, -0.15) is 0 Å². The summed E-state index contributed by atoms with van der Waals surface area (Å²) in [6.07, 6.45) is 1.58. The van der Waals surface area contributed by atoms with E-state index in [0.717, 1.165) is 5.76 Å². The largest absolute Gasteiger partial charge is 0.467 e. The van der Waals surface area contributed by atoms with E-state index in [-0.39, 0.29) is 15.7 Å². The molecule has 0 bridgehead atoms. The molecule has 0 amide bonds. The molecule has 0 radical (unpaired) electrons. The van der Waals surface area contributed by atoms with Crippen LogP contribution >= 0.6 is 11.6 Å². The Morgan fingerprint density at radius 3 is 2.42 bits per heavy atom. The second-order valence-corrected chi connectivity index (χ2v) is 6.83. The SMILES string of the molecule is O=S(=O)(Nc1ccc(NCc2ccco2)nn1)c1ccccc1Cl. The maximum atomic E-state index is 12.3. The molecule has 0 saturated carbocycles. The van der Waals surface area contributed by atoms with E-state index in [2.05, 4.69) is 20.2 Å². The van der Waals surface area contributed by atoms with E-state index >= 15 is 0 Å². The van der Waals surface area contributed by atoms with Crippen LogP contribution in [-0.4, -0.2) is 18.6 Å². The van der Waals surface area contributed by atoms with Crippen LogP contribution in [0.1, 0.15) is 5.76 Å². The van der Waals surface area contributed by atoms with Gasteiger partial charge in [-0.1, -0.05) is 23.7 Å². The summed E-state index contributed by atoms with van der Waals surface area (Å²) in [7, 11) is -3.82. The number of anilines is 2. The Bertz CT molecular complexity index is 912. The topological polar surface area (TPSA) is 97.1 Å². The molecule has 0 spiro atoms. The van der Waals surface area contributed by atoms with E-state index in [1.807, 2.05) is 6.07 Å². The Morgan fingerprint density at radius 2 is 1.75 bits per heavy atom. The molecular formula is C15H13ClN4O3S. The molecule has 24 heavy (non-hydrogen) atoms. The zero-order chi connectivity index (χ0) is 17.0. The van der Waals surface area contributed by atoms with E-state index in [4.69, 9.17) is 16.0 Å². The summed E-state index contributed by atoms with van der Waals surface area (Å²) in [5.41, 5.74) is 0. The highest BCUT2D eigenvalue weighted by Gasteiger charge is 2.18. The minimum Gasteiger partial charge on any atom is -0.467 e. The Hall–Kier alpha value is -2.58. The number of benzene rings is 1. The standard InChI is InChI=1S/C15H13ClN4O3S/c16-12-5-1-2-6-13(12)24(21,22)20-15-8-7-14(18-19-15)17-10-11-4-3-9-23-11/h1-9H,10H2,(H,17,18)(H,19,20). The van der Waals surface area contributed by atoms with Crippen LogP contribution in [0.4, 0.5) is 11.6 Å². The fraction of sp³-hybridized carbons (Fsp3) is 0.0667. The number of sulfonamides is 1. The van der Waals surface area contributed by atoms with Crippen LogP contribution in [0.25, 0.3) is 0 Å². The van der Waals surface area contributed by atoms with Crippen molar-refractivity contribution < 1.29 is 12.8 Å². The van der Waals surface area contributed by atoms with Crippen LogP contribution in [0.3, 0.4) is 0 Å². The van der Waals surface area contributed by atoms with Crippen molar-refractivity contribution in [2.45, 2.75) is 11.4 Å². The first-order valence-corrected chi connectivity index (χ1v) is 8.78. The number of aromatic nitrogens is 2. The van der Waals surface area contributed by atoms with Crippen molar-refractivity contribution in [1.82, 2.24) is 10.2 Å². The summed E-state index contributed by atoms with van der Waals surface area (Å²) < 4.78 is 32.1. The Balaban J connectivity index is 1.68. The number of nitrogens with zero attached hydrogens (tertiary/aromatic N) is 2. The van der Waals surface area contributed by atoms with Gasteiger partial charge in [0.2, 0.25) is 0 Å². The van der Waals surface area contributed by atoms with Crippen molar-refractivity contribution in [2.75, 3.05) is 10.0 Å². The molecule has 0 aliphatic heterocycles. The molecule has 2 heterocycles. The average molecular weight is 365 g/mol. The monoisotopic (exact) mass is 364 g/mol. The molecule has 3 rings (SSSR count). The Morgan fingerprint density at radius 1 is 1.00 bits per heavy atom. The second-order valence-electron chi connectivity index (χ2n) is 4.77. The first-order chi connectivity index (χ1) is 11.5.